The van der Waals surface area contributed by atoms with Gasteiger partial charge < -0.3 is 0 Å². The quantitative estimate of drug-likeness (QED) is 0.657. The molecule has 13 heavy (non-hydrogen) atoms. The summed E-state index contributed by atoms with van der Waals surface area (Å²) in [6.45, 7) is 10.3. The van der Waals surface area contributed by atoms with Gasteiger partial charge in [-0.05, 0) is 27.7 Å². The van der Waals surface area contributed by atoms with Crippen LogP contribution in [0.5, 0.6) is 0 Å². The standard InChI is InChI=1S/C10H15NO2/c1-6(2)8(5)10(13)11-9(12)7(3)4/h3H2,1-2,4-5H3,(H,11,12,13). The fourth-order valence-corrected chi connectivity index (χ4v) is 0.531. The minimum Gasteiger partial charge on any atom is -0.289 e. The van der Waals surface area contributed by atoms with Crippen LogP contribution < -0.4 is 5.32 Å². The van der Waals surface area contributed by atoms with E-state index in [4.69, 9.17) is 0 Å². The van der Waals surface area contributed by atoms with Gasteiger partial charge in [0, 0.05) is 11.1 Å². The molecule has 0 spiro atoms. The van der Waals surface area contributed by atoms with Crippen molar-refractivity contribution in [1.82, 2.24) is 5.32 Å². The molecule has 0 unspecified atom stereocenters. The van der Waals surface area contributed by atoms with Crippen molar-refractivity contribution >= 4 is 11.8 Å². The monoisotopic (exact) mass is 181 g/mol. The van der Waals surface area contributed by atoms with E-state index in [0.29, 0.717) is 11.1 Å². The molecular weight excluding hydrogens is 166 g/mol. The average molecular weight is 181 g/mol. The lowest BCUT2D eigenvalue weighted by Crippen LogP contribution is -2.31. The van der Waals surface area contributed by atoms with Crippen molar-refractivity contribution in [3.05, 3.63) is 23.3 Å². The highest BCUT2D eigenvalue weighted by atomic mass is 16.2. The highest BCUT2D eigenvalue weighted by molar-refractivity contribution is 6.09. The zero-order valence-electron chi connectivity index (χ0n) is 8.52. The number of nitrogens with one attached hydrogen (secondary N) is 1. The summed E-state index contributed by atoms with van der Waals surface area (Å²) in [5.41, 5.74) is 1.79. The normalized spacial score (nSPS) is 8.92. The molecule has 0 aliphatic carbocycles. The number of allylic oxidation sites excluding steroid dienone is 1. The second-order valence-corrected chi connectivity index (χ2v) is 3.19. The predicted octanol–water partition coefficient (Wildman–Crippen LogP) is 1.56. The van der Waals surface area contributed by atoms with Crippen molar-refractivity contribution in [3.8, 4) is 0 Å². The van der Waals surface area contributed by atoms with Gasteiger partial charge >= 0.3 is 0 Å². The summed E-state index contributed by atoms with van der Waals surface area (Å²) in [7, 11) is 0. The van der Waals surface area contributed by atoms with Crippen molar-refractivity contribution in [1.29, 1.82) is 0 Å². The number of carbonyl (C=O) groups excluding carboxylic acids is 2. The molecule has 0 bridgehead atoms. The molecule has 0 aromatic carbocycles. The Bertz CT molecular complexity index is 283. The Morgan fingerprint density at radius 1 is 1.00 bits per heavy atom. The summed E-state index contributed by atoms with van der Waals surface area (Å²) in [4.78, 5) is 22.3. The lowest BCUT2D eigenvalue weighted by molar-refractivity contribution is -0.126. The Morgan fingerprint density at radius 2 is 1.46 bits per heavy atom. The van der Waals surface area contributed by atoms with Crippen LogP contribution in [0.1, 0.15) is 27.7 Å². The molecule has 0 fully saturated rings. The van der Waals surface area contributed by atoms with Gasteiger partial charge in [0.25, 0.3) is 11.8 Å². The van der Waals surface area contributed by atoms with Gasteiger partial charge in [-0.15, -0.1) is 0 Å². The van der Waals surface area contributed by atoms with E-state index in [-0.39, 0.29) is 5.91 Å². The van der Waals surface area contributed by atoms with Crippen molar-refractivity contribution in [2.24, 2.45) is 0 Å². The Balaban J connectivity index is 4.43. The van der Waals surface area contributed by atoms with Crippen molar-refractivity contribution in [3.63, 3.8) is 0 Å². The van der Waals surface area contributed by atoms with Gasteiger partial charge in [0.2, 0.25) is 0 Å². The zero-order valence-corrected chi connectivity index (χ0v) is 8.52. The van der Waals surface area contributed by atoms with Crippen LogP contribution >= 0.6 is 0 Å². The lowest BCUT2D eigenvalue weighted by Gasteiger charge is -2.04. The molecule has 0 heterocycles. The first kappa shape index (κ1) is 11.6. The third-order valence-electron chi connectivity index (χ3n) is 1.71. The Kier molecular flexibility index (Phi) is 4.11. The lowest BCUT2D eigenvalue weighted by atomic mass is 10.1. The van der Waals surface area contributed by atoms with E-state index >= 15 is 0 Å². The second kappa shape index (κ2) is 4.60. The topological polar surface area (TPSA) is 46.2 Å². The van der Waals surface area contributed by atoms with Crippen molar-refractivity contribution in [2.75, 3.05) is 0 Å². The van der Waals surface area contributed by atoms with Crippen LogP contribution in [-0.4, -0.2) is 11.8 Å². The van der Waals surface area contributed by atoms with Crippen LogP contribution in [0.15, 0.2) is 23.3 Å². The van der Waals surface area contributed by atoms with Crippen LogP contribution in [0.25, 0.3) is 0 Å². The number of rotatable bonds is 2. The first-order chi connectivity index (χ1) is 5.86. The van der Waals surface area contributed by atoms with E-state index in [1.165, 1.54) is 0 Å². The molecule has 0 aliphatic heterocycles. The van der Waals surface area contributed by atoms with Gasteiger partial charge in [0.15, 0.2) is 0 Å². The summed E-state index contributed by atoms with van der Waals surface area (Å²) in [5.74, 6) is -0.779. The van der Waals surface area contributed by atoms with Crippen molar-refractivity contribution < 1.29 is 9.59 Å². The fraction of sp³-hybridized carbons (Fsp3) is 0.400. The third-order valence-corrected chi connectivity index (χ3v) is 1.71. The van der Waals surface area contributed by atoms with E-state index in [9.17, 15) is 9.59 Å². The minimum atomic E-state index is -0.425. The Morgan fingerprint density at radius 3 is 1.77 bits per heavy atom. The SMILES string of the molecule is C=C(C)C(=O)NC(=O)C(C)=C(C)C. The second-order valence-electron chi connectivity index (χ2n) is 3.19. The van der Waals surface area contributed by atoms with Crippen LogP contribution in [0.3, 0.4) is 0 Å². The summed E-state index contributed by atoms with van der Waals surface area (Å²) < 4.78 is 0. The highest BCUT2D eigenvalue weighted by Gasteiger charge is 2.10. The first-order valence-corrected chi connectivity index (χ1v) is 4.01. The molecule has 72 valence electrons. The zero-order chi connectivity index (χ0) is 10.6. The van der Waals surface area contributed by atoms with Gasteiger partial charge in [-0.3, -0.25) is 14.9 Å². The van der Waals surface area contributed by atoms with Gasteiger partial charge in [-0.25, -0.2) is 0 Å². The summed E-state index contributed by atoms with van der Waals surface area (Å²) in [5, 5.41) is 2.23. The molecule has 0 radical (unpaired) electrons. The van der Waals surface area contributed by atoms with Gasteiger partial charge in [0.05, 0.1) is 0 Å². The van der Waals surface area contributed by atoms with E-state index < -0.39 is 5.91 Å². The van der Waals surface area contributed by atoms with Crippen LogP contribution in [0.2, 0.25) is 0 Å². The van der Waals surface area contributed by atoms with Gasteiger partial charge in [-0.1, -0.05) is 12.2 Å². The predicted molar refractivity (Wildman–Crippen MR) is 52.0 cm³/mol. The molecule has 1 N–H and O–H groups in total. The van der Waals surface area contributed by atoms with Crippen LogP contribution in [0.4, 0.5) is 0 Å². The fourth-order valence-electron chi connectivity index (χ4n) is 0.531. The molecule has 0 atom stereocenters. The molecule has 2 amide bonds. The van der Waals surface area contributed by atoms with Gasteiger partial charge in [-0.2, -0.15) is 0 Å². The average Bonchev–Trinajstić information content (AvgIpc) is 2.02. The van der Waals surface area contributed by atoms with E-state index in [1.54, 1.807) is 13.8 Å². The number of amides is 2. The van der Waals surface area contributed by atoms with E-state index in [1.807, 2.05) is 13.8 Å². The number of carbonyl (C=O) groups is 2. The summed E-state index contributed by atoms with van der Waals surface area (Å²) >= 11 is 0. The van der Waals surface area contributed by atoms with Crippen LogP contribution in [-0.2, 0) is 9.59 Å². The highest BCUT2D eigenvalue weighted by Crippen LogP contribution is 2.01. The van der Waals surface area contributed by atoms with Gasteiger partial charge in [0.1, 0.15) is 0 Å². The number of hydrogen-bond donors (Lipinski definition) is 1. The van der Waals surface area contributed by atoms with Crippen molar-refractivity contribution in [2.45, 2.75) is 27.7 Å². The molecule has 0 aliphatic rings. The minimum absolute atomic E-state index is 0.329. The molecule has 0 saturated heterocycles. The molecule has 0 aromatic rings. The van der Waals surface area contributed by atoms with E-state index in [0.717, 1.165) is 5.57 Å². The molecule has 0 aromatic heterocycles. The maximum Gasteiger partial charge on any atom is 0.253 e. The summed E-state index contributed by atoms with van der Waals surface area (Å²) in [6, 6.07) is 0. The Labute approximate surface area is 78.5 Å². The maximum absolute atomic E-state index is 11.3. The first-order valence-electron chi connectivity index (χ1n) is 4.01. The molecule has 3 nitrogen and oxygen atoms in total. The Hall–Kier alpha value is -1.38. The molecular formula is C10H15NO2. The third kappa shape index (κ3) is 3.69. The van der Waals surface area contributed by atoms with E-state index in [2.05, 4.69) is 11.9 Å². The molecule has 0 rings (SSSR count). The smallest absolute Gasteiger partial charge is 0.253 e. The largest absolute Gasteiger partial charge is 0.289 e. The summed E-state index contributed by atoms with van der Waals surface area (Å²) in [6.07, 6.45) is 0. The maximum atomic E-state index is 11.3. The number of imide groups is 1. The molecule has 0 saturated carbocycles. The number of hydrogen-bond acceptors (Lipinski definition) is 2. The van der Waals surface area contributed by atoms with Crippen LogP contribution in [0, 0.1) is 0 Å². The molecule has 3 heteroatoms.